The minimum Gasteiger partial charge on any atom is -0.365 e. The highest BCUT2D eigenvalue weighted by atomic mass is 35.5. The van der Waals surface area contributed by atoms with Gasteiger partial charge in [0.05, 0.1) is 10.6 Å². The van der Waals surface area contributed by atoms with Crippen LogP contribution in [0, 0.1) is 0 Å². The first-order valence-corrected chi connectivity index (χ1v) is 7.77. The molecule has 0 radical (unpaired) electrons. The van der Waals surface area contributed by atoms with Crippen LogP contribution in [0.25, 0.3) is 11.1 Å². The average Bonchev–Trinajstić information content (AvgIpc) is 2.61. The molecule has 3 rings (SSSR count). The molecule has 0 aliphatic carbocycles. The Balaban J connectivity index is 1.68. The van der Waals surface area contributed by atoms with Crippen LogP contribution in [0.15, 0.2) is 61.1 Å². The predicted octanol–water partition coefficient (Wildman–Crippen LogP) is 5.43. The quantitative estimate of drug-likeness (QED) is 0.671. The second-order valence-electron chi connectivity index (χ2n) is 5.34. The summed E-state index contributed by atoms with van der Waals surface area (Å²) in [6.07, 6.45) is -0.245. The number of aromatic nitrogens is 2. The molecule has 0 amide bonds. The lowest BCUT2D eigenvalue weighted by atomic mass is 10.1. The first-order valence-electron chi connectivity index (χ1n) is 7.39. The fourth-order valence-corrected chi connectivity index (χ4v) is 2.50. The van der Waals surface area contributed by atoms with E-state index in [-0.39, 0.29) is 10.8 Å². The van der Waals surface area contributed by atoms with E-state index in [0.29, 0.717) is 6.54 Å². The Labute approximate surface area is 147 Å². The molecule has 3 aromatic rings. The molecule has 1 aromatic carbocycles. The van der Waals surface area contributed by atoms with Crippen molar-refractivity contribution in [3.8, 4) is 11.1 Å². The molecule has 3 nitrogen and oxygen atoms in total. The molecule has 128 valence electrons. The van der Waals surface area contributed by atoms with E-state index in [9.17, 15) is 13.2 Å². The van der Waals surface area contributed by atoms with Crippen molar-refractivity contribution in [3.63, 3.8) is 0 Å². The summed E-state index contributed by atoms with van der Waals surface area (Å²) in [6, 6.07) is 12.5. The smallest absolute Gasteiger partial charge is 0.365 e. The summed E-state index contributed by atoms with van der Waals surface area (Å²) < 4.78 is 37.8. The van der Waals surface area contributed by atoms with Crippen molar-refractivity contribution in [3.05, 3.63) is 77.2 Å². The predicted molar refractivity (Wildman–Crippen MR) is 91.2 cm³/mol. The third-order valence-corrected chi connectivity index (χ3v) is 3.88. The van der Waals surface area contributed by atoms with Crippen LogP contribution in [0.3, 0.4) is 0 Å². The molecule has 0 unspecified atom stereocenters. The minimum atomic E-state index is -4.46. The van der Waals surface area contributed by atoms with Gasteiger partial charge < -0.3 is 5.32 Å². The minimum absolute atomic E-state index is 0.0665. The van der Waals surface area contributed by atoms with Crippen LogP contribution in [0.4, 0.5) is 19.0 Å². The Hall–Kier alpha value is -2.60. The number of halogens is 4. The average molecular weight is 364 g/mol. The van der Waals surface area contributed by atoms with E-state index in [0.717, 1.165) is 29.0 Å². The fourth-order valence-electron chi connectivity index (χ4n) is 2.27. The van der Waals surface area contributed by atoms with Gasteiger partial charge in [0.25, 0.3) is 0 Å². The summed E-state index contributed by atoms with van der Waals surface area (Å²) in [5.74, 6) is 0.216. The number of hydrogen-bond acceptors (Lipinski definition) is 3. The van der Waals surface area contributed by atoms with Crippen molar-refractivity contribution in [1.29, 1.82) is 0 Å². The van der Waals surface area contributed by atoms with Gasteiger partial charge in [-0.05, 0) is 34.9 Å². The topological polar surface area (TPSA) is 37.8 Å². The zero-order valence-electron chi connectivity index (χ0n) is 12.9. The molecular weight excluding hydrogens is 351 g/mol. The van der Waals surface area contributed by atoms with E-state index in [1.165, 1.54) is 0 Å². The summed E-state index contributed by atoms with van der Waals surface area (Å²) in [4.78, 5) is 7.74. The zero-order valence-corrected chi connectivity index (χ0v) is 13.6. The number of hydrogen-bond donors (Lipinski definition) is 1. The number of rotatable bonds is 4. The van der Waals surface area contributed by atoms with E-state index < -0.39 is 11.7 Å². The van der Waals surface area contributed by atoms with Gasteiger partial charge in [0.1, 0.15) is 5.82 Å². The summed E-state index contributed by atoms with van der Waals surface area (Å²) in [5, 5.41) is 2.88. The molecule has 0 aliphatic heterocycles. The molecule has 0 spiro atoms. The lowest BCUT2D eigenvalue weighted by Crippen LogP contribution is -2.08. The van der Waals surface area contributed by atoms with Crippen LogP contribution < -0.4 is 5.32 Å². The Morgan fingerprint density at radius 1 is 0.960 bits per heavy atom. The molecular formula is C18H13ClF3N3. The molecule has 0 atom stereocenters. The van der Waals surface area contributed by atoms with Crippen LogP contribution >= 0.6 is 11.6 Å². The number of nitrogens with zero attached hydrogens (tertiary/aromatic N) is 2. The van der Waals surface area contributed by atoms with E-state index in [1.54, 1.807) is 12.4 Å². The van der Waals surface area contributed by atoms with Crippen LogP contribution in [0.2, 0.25) is 5.02 Å². The van der Waals surface area contributed by atoms with E-state index >= 15 is 0 Å². The van der Waals surface area contributed by atoms with Crippen molar-refractivity contribution >= 4 is 17.4 Å². The summed E-state index contributed by atoms with van der Waals surface area (Å²) in [5.41, 5.74) is 2.19. The molecule has 1 N–H and O–H groups in total. The first kappa shape index (κ1) is 17.2. The van der Waals surface area contributed by atoms with Crippen molar-refractivity contribution in [2.24, 2.45) is 0 Å². The van der Waals surface area contributed by atoms with E-state index in [2.05, 4.69) is 15.3 Å². The Bertz CT molecular complexity index is 850. The molecule has 0 saturated heterocycles. The summed E-state index contributed by atoms with van der Waals surface area (Å²) in [6.45, 7) is 0.398. The molecule has 0 bridgehead atoms. The van der Waals surface area contributed by atoms with Gasteiger partial charge in [-0.1, -0.05) is 35.9 Å². The molecule has 7 heteroatoms. The van der Waals surface area contributed by atoms with Crippen molar-refractivity contribution in [2.45, 2.75) is 12.7 Å². The van der Waals surface area contributed by atoms with Crippen LogP contribution in [0.5, 0.6) is 0 Å². The van der Waals surface area contributed by atoms with E-state index in [4.69, 9.17) is 11.6 Å². The molecule has 2 aromatic heterocycles. The molecule has 0 saturated carbocycles. The Morgan fingerprint density at radius 3 is 2.20 bits per heavy atom. The molecule has 25 heavy (non-hydrogen) atoms. The van der Waals surface area contributed by atoms with Gasteiger partial charge in [0, 0.05) is 25.1 Å². The Kier molecular flexibility index (Phi) is 4.90. The lowest BCUT2D eigenvalue weighted by Gasteiger charge is -2.11. The van der Waals surface area contributed by atoms with Gasteiger partial charge >= 0.3 is 6.18 Å². The SMILES string of the molecule is FC(F)(F)c1cnc(NCc2ccc(-c3ccncc3)cc2)c(Cl)c1. The van der Waals surface area contributed by atoms with Gasteiger partial charge in [-0.25, -0.2) is 4.98 Å². The third-order valence-electron chi connectivity index (χ3n) is 3.60. The highest BCUT2D eigenvalue weighted by Gasteiger charge is 2.31. The second kappa shape index (κ2) is 7.11. The highest BCUT2D eigenvalue weighted by molar-refractivity contribution is 6.32. The standard InChI is InChI=1S/C18H13ClF3N3/c19-16-9-15(18(20,21)22)11-25-17(16)24-10-12-1-3-13(4-2-12)14-5-7-23-8-6-14/h1-9,11H,10H2,(H,24,25). The van der Waals surface area contributed by atoms with E-state index in [1.807, 2.05) is 36.4 Å². The summed E-state index contributed by atoms with van der Waals surface area (Å²) >= 11 is 5.88. The number of benzene rings is 1. The van der Waals surface area contributed by atoms with Gasteiger partial charge in [0.2, 0.25) is 0 Å². The monoisotopic (exact) mass is 363 g/mol. The van der Waals surface area contributed by atoms with Crippen molar-refractivity contribution < 1.29 is 13.2 Å². The Morgan fingerprint density at radius 2 is 1.60 bits per heavy atom. The van der Waals surface area contributed by atoms with Crippen LogP contribution in [-0.2, 0) is 12.7 Å². The van der Waals surface area contributed by atoms with Gasteiger partial charge in [-0.3, -0.25) is 4.98 Å². The first-order chi connectivity index (χ1) is 11.9. The lowest BCUT2D eigenvalue weighted by molar-refractivity contribution is -0.137. The maximum atomic E-state index is 12.6. The zero-order chi connectivity index (χ0) is 17.9. The highest BCUT2D eigenvalue weighted by Crippen LogP contribution is 2.32. The summed E-state index contributed by atoms with van der Waals surface area (Å²) in [7, 11) is 0. The largest absolute Gasteiger partial charge is 0.417 e. The van der Waals surface area contributed by atoms with Crippen molar-refractivity contribution in [2.75, 3.05) is 5.32 Å². The molecule has 0 fully saturated rings. The maximum Gasteiger partial charge on any atom is 0.417 e. The number of anilines is 1. The maximum absolute atomic E-state index is 12.6. The van der Waals surface area contributed by atoms with Crippen LogP contribution in [0.1, 0.15) is 11.1 Å². The van der Waals surface area contributed by atoms with Crippen LogP contribution in [-0.4, -0.2) is 9.97 Å². The third kappa shape index (κ3) is 4.28. The van der Waals surface area contributed by atoms with Crippen molar-refractivity contribution in [1.82, 2.24) is 9.97 Å². The second-order valence-corrected chi connectivity index (χ2v) is 5.75. The molecule has 0 aliphatic rings. The van der Waals surface area contributed by atoms with Gasteiger partial charge in [0.15, 0.2) is 0 Å². The normalized spacial score (nSPS) is 11.4. The fraction of sp³-hybridized carbons (Fsp3) is 0.111. The molecule has 2 heterocycles. The number of pyridine rings is 2. The van der Waals surface area contributed by atoms with Gasteiger partial charge in [-0.15, -0.1) is 0 Å². The van der Waals surface area contributed by atoms with Gasteiger partial charge in [-0.2, -0.15) is 13.2 Å². The number of alkyl halides is 3. The number of nitrogens with one attached hydrogen (secondary N) is 1.